The Morgan fingerprint density at radius 3 is 2.25 bits per heavy atom. The number of hydrogen-bond donors (Lipinski definition) is 0. The smallest absolute Gasteiger partial charge is 0.129 e. The van der Waals surface area contributed by atoms with E-state index in [1.54, 1.807) is 33.0 Å². The zero-order valence-electron chi connectivity index (χ0n) is 10.3. The van der Waals surface area contributed by atoms with Gasteiger partial charge in [-0.25, -0.2) is 0 Å². The van der Waals surface area contributed by atoms with Crippen LogP contribution in [0.5, 0.6) is 11.5 Å². The van der Waals surface area contributed by atoms with Crippen LogP contribution in [-0.4, -0.2) is 32.6 Å². The maximum absolute atomic E-state index is 5.36. The van der Waals surface area contributed by atoms with Crippen molar-refractivity contribution < 1.29 is 9.47 Å². The van der Waals surface area contributed by atoms with Gasteiger partial charge in [0.05, 0.1) is 19.8 Å². The van der Waals surface area contributed by atoms with E-state index in [0.29, 0.717) is 0 Å². The van der Waals surface area contributed by atoms with Crippen molar-refractivity contribution in [2.45, 2.75) is 6.92 Å². The molecule has 1 aromatic carbocycles. The van der Waals surface area contributed by atoms with Crippen LogP contribution < -0.4 is 9.47 Å². The van der Waals surface area contributed by atoms with Gasteiger partial charge in [-0.2, -0.15) is 0 Å². The highest BCUT2D eigenvalue weighted by Gasteiger charge is 2.12. The molecule has 3 nitrogen and oxygen atoms in total. The van der Waals surface area contributed by atoms with E-state index >= 15 is 0 Å². The second-order valence-corrected chi connectivity index (χ2v) is 4.05. The van der Waals surface area contributed by atoms with E-state index in [-0.39, 0.29) is 0 Å². The number of ether oxygens (including phenoxy) is 2. The maximum Gasteiger partial charge on any atom is 0.129 e. The minimum absolute atomic E-state index is 0.827. The first-order chi connectivity index (χ1) is 7.67. The molecule has 0 aliphatic rings. The van der Waals surface area contributed by atoms with Crippen molar-refractivity contribution in [3.05, 3.63) is 23.3 Å². The summed E-state index contributed by atoms with van der Waals surface area (Å²) in [5, 5.41) is 0.940. The minimum atomic E-state index is 0.827. The van der Waals surface area contributed by atoms with Crippen LogP contribution in [0.3, 0.4) is 0 Å². The summed E-state index contributed by atoms with van der Waals surface area (Å²) >= 11 is 1.59. The predicted octanol–water partition coefficient (Wildman–Crippen LogP) is 2.75. The maximum atomic E-state index is 5.36. The van der Waals surface area contributed by atoms with Gasteiger partial charge in [0.25, 0.3) is 0 Å². The molecule has 0 fully saturated rings. The van der Waals surface area contributed by atoms with Gasteiger partial charge in [-0.3, -0.25) is 4.99 Å². The van der Waals surface area contributed by atoms with E-state index in [0.717, 1.165) is 27.7 Å². The lowest BCUT2D eigenvalue weighted by Gasteiger charge is -2.13. The molecule has 0 N–H and O–H groups in total. The van der Waals surface area contributed by atoms with Crippen molar-refractivity contribution in [3.8, 4) is 11.5 Å². The topological polar surface area (TPSA) is 30.8 Å². The molecule has 0 aliphatic carbocycles. The van der Waals surface area contributed by atoms with Crippen LogP contribution in [0.25, 0.3) is 0 Å². The Morgan fingerprint density at radius 1 is 1.19 bits per heavy atom. The molecule has 0 bridgehead atoms. The summed E-state index contributed by atoms with van der Waals surface area (Å²) in [5.74, 6) is 1.68. The highest BCUT2D eigenvalue weighted by atomic mass is 32.2. The minimum Gasteiger partial charge on any atom is -0.496 e. The number of aliphatic imine (C=N–C) groups is 1. The van der Waals surface area contributed by atoms with Crippen molar-refractivity contribution in [2.75, 3.05) is 27.5 Å². The highest BCUT2D eigenvalue weighted by Crippen LogP contribution is 2.30. The summed E-state index contributed by atoms with van der Waals surface area (Å²) in [4.78, 5) is 4.23. The van der Waals surface area contributed by atoms with Crippen LogP contribution in [0.1, 0.15) is 11.1 Å². The van der Waals surface area contributed by atoms with Gasteiger partial charge >= 0.3 is 0 Å². The van der Waals surface area contributed by atoms with Crippen LogP contribution in [0.2, 0.25) is 0 Å². The molecular formula is C12H17NO2S. The summed E-state index contributed by atoms with van der Waals surface area (Å²) < 4.78 is 10.7. The third-order valence-electron chi connectivity index (χ3n) is 2.34. The predicted molar refractivity (Wildman–Crippen MR) is 70.3 cm³/mol. The molecule has 1 rings (SSSR count). The Balaban J connectivity index is 3.35. The lowest BCUT2D eigenvalue weighted by Crippen LogP contribution is -2.01. The number of methoxy groups -OCH3 is 2. The Bertz CT molecular complexity index is 402. The first-order valence-corrected chi connectivity index (χ1v) is 6.14. The summed E-state index contributed by atoms with van der Waals surface area (Å²) in [7, 11) is 5.11. The Labute approximate surface area is 101 Å². The average Bonchev–Trinajstić information content (AvgIpc) is 2.31. The molecule has 4 heteroatoms. The molecule has 0 aromatic heterocycles. The van der Waals surface area contributed by atoms with Crippen molar-refractivity contribution in [1.29, 1.82) is 0 Å². The first kappa shape index (κ1) is 12.9. The van der Waals surface area contributed by atoms with E-state index in [2.05, 4.69) is 4.99 Å². The average molecular weight is 239 g/mol. The van der Waals surface area contributed by atoms with Crippen molar-refractivity contribution in [1.82, 2.24) is 0 Å². The molecule has 0 unspecified atom stereocenters. The zero-order valence-corrected chi connectivity index (χ0v) is 11.1. The van der Waals surface area contributed by atoms with Gasteiger partial charge in [0.15, 0.2) is 0 Å². The fraction of sp³-hybridized carbons (Fsp3) is 0.417. The normalized spacial score (nSPS) is 11.4. The highest BCUT2D eigenvalue weighted by molar-refractivity contribution is 8.13. The van der Waals surface area contributed by atoms with E-state index in [1.807, 2.05) is 25.3 Å². The number of aryl methyl sites for hydroxylation is 1. The van der Waals surface area contributed by atoms with Crippen LogP contribution in [0.4, 0.5) is 0 Å². The molecule has 0 radical (unpaired) electrons. The molecule has 16 heavy (non-hydrogen) atoms. The molecule has 0 saturated carbocycles. The van der Waals surface area contributed by atoms with Gasteiger partial charge in [-0.15, -0.1) is 11.8 Å². The summed E-state index contributed by atoms with van der Waals surface area (Å²) in [6.45, 7) is 1.99. The molecule has 0 saturated heterocycles. The van der Waals surface area contributed by atoms with Crippen LogP contribution >= 0.6 is 11.8 Å². The molecular weight excluding hydrogens is 222 g/mol. The second-order valence-electron chi connectivity index (χ2n) is 3.25. The van der Waals surface area contributed by atoms with Crippen molar-refractivity contribution in [3.63, 3.8) is 0 Å². The number of hydrogen-bond acceptors (Lipinski definition) is 4. The first-order valence-electron chi connectivity index (χ1n) is 4.91. The molecule has 88 valence electrons. The number of thioether (sulfide) groups is 1. The molecule has 0 spiro atoms. The summed E-state index contributed by atoms with van der Waals surface area (Å²) in [5.41, 5.74) is 2.03. The quantitative estimate of drug-likeness (QED) is 0.600. The third kappa shape index (κ3) is 2.50. The SMILES string of the molecule is CN=C(SC)c1cc(OC)c(C)cc1OC. The lowest BCUT2D eigenvalue weighted by molar-refractivity contribution is 0.400. The zero-order chi connectivity index (χ0) is 12.1. The van der Waals surface area contributed by atoms with Gasteiger partial charge in [0.1, 0.15) is 16.5 Å². The molecule has 0 aliphatic heterocycles. The van der Waals surface area contributed by atoms with Gasteiger partial charge < -0.3 is 9.47 Å². The number of rotatable bonds is 3. The van der Waals surface area contributed by atoms with Crippen molar-refractivity contribution in [2.24, 2.45) is 4.99 Å². The molecule has 0 atom stereocenters. The van der Waals surface area contributed by atoms with Crippen LogP contribution in [0, 0.1) is 6.92 Å². The van der Waals surface area contributed by atoms with E-state index in [4.69, 9.17) is 9.47 Å². The Kier molecular flexibility index (Phi) is 4.68. The Morgan fingerprint density at radius 2 is 1.81 bits per heavy atom. The van der Waals surface area contributed by atoms with Crippen molar-refractivity contribution >= 4 is 16.8 Å². The fourth-order valence-corrected chi connectivity index (χ4v) is 2.10. The monoisotopic (exact) mass is 239 g/mol. The van der Waals surface area contributed by atoms with E-state index in [1.165, 1.54) is 0 Å². The molecule has 0 heterocycles. The fourth-order valence-electron chi connectivity index (χ4n) is 1.54. The molecule has 1 aromatic rings. The second kappa shape index (κ2) is 5.80. The van der Waals surface area contributed by atoms with Gasteiger partial charge in [0, 0.05) is 7.05 Å². The largest absolute Gasteiger partial charge is 0.496 e. The summed E-state index contributed by atoms with van der Waals surface area (Å²) in [6, 6.07) is 3.93. The molecule has 0 amide bonds. The summed E-state index contributed by atoms with van der Waals surface area (Å²) in [6.07, 6.45) is 1.99. The van der Waals surface area contributed by atoms with Gasteiger partial charge in [0.2, 0.25) is 0 Å². The van der Waals surface area contributed by atoms with E-state index < -0.39 is 0 Å². The third-order valence-corrected chi connectivity index (χ3v) is 3.13. The van der Waals surface area contributed by atoms with Gasteiger partial charge in [-0.1, -0.05) is 0 Å². The van der Waals surface area contributed by atoms with E-state index in [9.17, 15) is 0 Å². The number of nitrogens with zero attached hydrogens (tertiary/aromatic N) is 1. The van der Waals surface area contributed by atoms with Gasteiger partial charge in [-0.05, 0) is 30.9 Å². The Hall–Kier alpha value is -1.16. The number of benzene rings is 1. The lowest BCUT2D eigenvalue weighted by atomic mass is 10.1. The van der Waals surface area contributed by atoms with Crippen LogP contribution in [0.15, 0.2) is 17.1 Å². The van der Waals surface area contributed by atoms with Crippen LogP contribution in [-0.2, 0) is 0 Å². The standard InChI is InChI=1S/C12H17NO2S/c1-8-6-11(15-4)9(7-10(8)14-3)12(13-2)16-5/h6-7H,1-5H3.